The molecule has 15 nitrogen and oxygen atoms in total. The molecule has 224 valence electrons. The van der Waals surface area contributed by atoms with E-state index in [1.165, 1.54) is 0 Å². The maximum atomic E-state index is 11.7. The fourth-order valence-corrected chi connectivity index (χ4v) is 3.38. The van der Waals surface area contributed by atoms with Gasteiger partial charge in [0.15, 0.2) is 6.23 Å². The number of rotatable bonds is 9. The van der Waals surface area contributed by atoms with Gasteiger partial charge in [-0.05, 0) is 25.0 Å². The van der Waals surface area contributed by atoms with Crippen LogP contribution in [0, 0.1) is 0 Å². The Kier molecular flexibility index (Phi) is 11.9. The van der Waals surface area contributed by atoms with Crippen LogP contribution in [0.4, 0.5) is 9.59 Å². The van der Waals surface area contributed by atoms with Crippen LogP contribution in [0.1, 0.15) is 41.8 Å². The Balaban J connectivity index is 0.000000274. The van der Waals surface area contributed by atoms with Gasteiger partial charge in [-0.25, -0.2) is 19.3 Å². The molecular formula is C27H31N5O10. The van der Waals surface area contributed by atoms with Crippen molar-refractivity contribution < 1.29 is 48.4 Å². The molecule has 1 aromatic heterocycles. The summed E-state index contributed by atoms with van der Waals surface area (Å²) in [5.41, 5.74) is 7.42. The van der Waals surface area contributed by atoms with E-state index >= 15 is 0 Å². The second kappa shape index (κ2) is 15.8. The molecule has 4 N–H and O–H groups in total. The monoisotopic (exact) mass is 585 g/mol. The Morgan fingerprint density at radius 2 is 1.48 bits per heavy atom. The van der Waals surface area contributed by atoms with E-state index in [0.29, 0.717) is 5.71 Å². The second-order valence-corrected chi connectivity index (χ2v) is 8.95. The molecule has 0 radical (unpaired) electrons. The smallest absolute Gasteiger partial charge is 0.431 e. The highest BCUT2D eigenvalue weighted by molar-refractivity contribution is 5.88. The first-order chi connectivity index (χ1) is 20.1. The molecule has 4 atom stereocenters. The van der Waals surface area contributed by atoms with E-state index < -0.39 is 42.8 Å². The second-order valence-electron chi connectivity index (χ2n) is 8.95. The molecule has 1 amide bonds. The number of hydrogen-bond donors (Lipinski definition) is 3. The first kappa shape index (κ1) is 31.7. The van der Waals surface area contributed by atoms with Crippen LogP contribution in [0.2, 0.25) is 0 Å². The number of carbonyl (C=O) groups is 3. The highest BCUT2D eigenvalue weighted by Gasteiger charge is 2.45. The number of benzene rings is 2. The van der Waals surface area contributed by atoms with E-state index in [1.54, 1.807) is 26.0 Å². The molecular weight excluding hydrogens is 554 g/mol. The van der Waals surface area contributed by atoms with Crippen LogP contribution in [-0.4, -0.2) is 73.8 Å². The van der Waals surface area contributed by atoms with Gasteiger partial charge < -0.3 is 34.9 Å². The molecule has 0 aliphatic carbocycles. The van der Waals surface area contributed by atoms with Crippen molar-refractivity contribution in [3.63, 3.8) is 0 Å². The van der Waals surface area contributed by atoms with E-state index in [2.05, 4.69) is 20.1 Å². The first-order valence-corrected chi connectivity index (χ1v) is 12.6. The minimum atomic E-state index is -1.37. The Labute approximate surface area is 240 Å². The fourth-order valence-electron chi connectivity index (χ4n) is 3.38. The fraction of sp³-hybridized carbons (Fsp3) is 0.333. The summed E-state index contributed by atoms with van der Waals surface area (Å²) in [4.78, 5) is 41.8. The summed E-state index contributed by atoms with van der Waals surface area (Å²) >= 11 is 0. The maximum absolute atomic E-state index is 11.7. The van der Waals surface area contributed by atoms with Crippen molar-refractivity contribution in [2.45, 2.75) is 51.6 Å². The molecule has 1 aliphatic heterocycles. The molecule has 3 aromatic rings. The molecule has 2 heterocycles. The van der Waals surface area contributed by atoms with Crippen LogP contribution in [0.15, 0.2) is 72.1 Å². The van der Waals surface area contributed by atoms with Gasteiger partial charge in [-0.3, -0.25) is 9.63 Å². The number of carbonyl (C=O) groups excluding carboxylic acids is 3. The molecule has 1 saturated heterocycles. The van der Waals surface area contributed by atoms with E-state index in [0.717, 1.165) is 22.1 Å². The number of hydrogen-bond acceptors (Lipinski definition) is 13. The summed E-state index contributed by atoms with van der Waals surface area (Å²) in [6.07, 6.45) is -5.45. The van der Waals surface area contributed by atoms with Gasteiger partial charge in [-0.15, -0.1) is 5.10 Å². The number of nitrogens with zero attached hydrogens (tertiary/aromatic N) is 4. The van der Waals surface area contributed by atoms with Crippen LogP contribution < -0.4 is 5.73 Å². The third-order valence-corrected chi connectivity index (χ3v) is 5.39. The van der Waals surface area contributed by atoms with Crippen LogP contribution in [0.3, 0.4) is 0 Å². The van der Waals surface area contributed by atoms with Gasteiger partial charge in [0.1, 0.15) is 44.5 Å². The predicted octanol–water partition coefficient (Wildman–Crippen LogP) is 2.09. The predicted molar refractivity (Wildman–Crippen MR) is 144 cm³/mol. The minimum Gasteiger partial charge on any atom is -0.431 e. The average Bonchev–Trinajstić information content (AvgIpc) is 3.59. The van der Waals surface area contributed by atoms with Gasteiger partial charge in [0.25, 0.3) is 5.91 Å². The summed E-state index contributed by atoms with van der Waals surface area (Å²) in [6.45, 7) is 3.33. The van der Waals surface area contributed by atoms with Crippen LogP contribution >= 0.6 is 0 Å². The molecule has 0 saturated carbocycles. The van der Waals surface area contributed by atoms with Gasteiger partial charge in [0.05, 0.1) is 5.71 Å². The lowest BCUT2D eigenvalue weighted by Crippen LogP contribution is -2.34. The molecule has 1 fully saturated rings. The van der Waals surface area contributed by atoms with Crippen molar-refractivity contribution in [2.24, 2.45) is 10.9 Å². The number of primary amides is 1. The molecule has 0 spiro atoms. The Hall–Kier alpha value is -4.86. The summed E-state index contributed by atoms with van der Waals surface area (Å²) in [6, 6.07) is 18.4. The van der Waals surface area contributed by atoms with Gasteiger partial charge in [0, 0.05) is 0 Å². The summed E-state index contributed by atoms with van der Waals surface area (Å²) in [7, 11) is 0. The number of aliphatic hydroxyl groups is 2. The zero-order valence-electron chi connectivity index (χ0n) is 22.8. The van der Waals surface area contributed by atoms with Gasteiger partial charge in [0.2, 0.25) is 5.82 Å². The number of aromatic nitrogens is 3. The van der Waals surface area contributed by atoms with Crippen LogP contribution in [0.25, 0.3) is 0 Å². The Morgan fingerprint density at radius 3 is 2.00 bits per heavy atom. The normalized spacial score (nSPS) is 19.0. The van der Waals surface area contributed by atoms with E-state index in [9.17, 15) is 24.6 Å². The van der Waals surface area contributed by atoms with E-state index in [-0.39, 0.29) is 25.6 Å². The third kappa shape index (κ3) is 9.96. The molecule has 4 rings (SSSR count). The molecule has 1 unspecified atom stereocenters. The van der Waals surface area contributed by atoms with Gasteiger partial charge in [-0.2, -0.15) is 0 Å². The van der Waals surface area contributed by atoms with Crippen LogP contribution in [-0.2, 0) is 37.0 Å². The topological polar surface area (TPSA) is 207 Å². The minimum absolute atomic E-state index is 0.0356. The van der Waals surface area contributed by atoms with Gasteiger partial charge in [-0.1, -0.05) is 65.8 Å². The standard InChI is InChI=1S/C16H18N4O7.C11H13NO3/c17-13(23)14-18-8-20(19-14)15-12(22)11(21)10(27-15)7-26-16(24)25-6-9-4-2-1-3-5-9;1-9(2)12-15-11(13)14-8-10-6-4-3-5-7-10/h1-5,8,10-12,15,21-22H,6-7H2,(H2,17,23);3-7H,8H2,1-2H3/t10-,11-,12?,15-;/m1./s1. The highest BCUT2D eigenvalue weighted by atomic mass is 16.8. The summed E-state index contributed by atoms with van der Waals surface area (Å²) < 4.78 is 21.2. The Bertz CT molecular complexity index is 1330. The SMILES string of the molecule is CC(C)=NOC(=O)OCc1ccccc1.NC(=O)c1ncn([C@@H]2O[C@H](COC(=O)OCc3ccccc3)[C@@H](O)C2O)n1. The molecule has 0 bridgehead atoms. The lowest BCUT2D eigenvalue weighted by molar-refractivity contribution is -0.0678. The van der Waals surface area contributed by atoms with Crippen molar-refractivity contribution in [1.82, 2.24) is 14.8 Å². The van der Waals surface area contributed by atoms with Crippen molar-refractivity contribution >= 4 is 23.9 Å². The number of oxime groups is 1. The largest absolute Gasteiger partial charge is 0.535 e. The van der Waals surface area contributed by atoms with Gasteiger partial charge >= 0.3 is 12.3 Å². The zero-order chi connectivity index (χ0) is 30.5. The molecule has 1 aliphatic rings. The Morgan fingerprint density at radius 1 is 0.905 bits per heavy atom. The first-order valence-electron chi connectivity index (χ1n) is 12.6. The summed E-state index contributed by atoms with van der Waals surface area (Å²) in [5, 5.41) is 27.4. The number of aliphatic hydroxyl groups excluding tert-OH is 2. The third-order valence-electron chi connectivity index (χ3n) is 5.39. The van der Waals surface area contributed by atoms with Crippen LogP contribution in [0.5, 0.6) is 0 Å². The lowest BCUT2D eigenvalue weighted by Gasteiger charge is -2.14. The molecule has 2 aromatic carbocycles. The quantitative estimate of drug-likeness (QED) is 0.143. The molecule has 15 heteroatoms. The lowest BCUT2D eigenvalue weighted by atomic mass is 10.1. The van der Waals surface area contributed by atoms with Crippen molar-refractivity contribution in [2.75, 3.05) is 6.61 Å². The van der Waals surface area contributed by atoms with E-state index in [1.807, 2.05) is 48.5 Å². The zero-order valence-corrected chi connectivity index (χ0v) is 22.8. The van der Waals surface area contributed by atoms with E-state index in [4.69, 9.17) is 24.7 Å². The maximum Gasteiger partial charge on any atom is 0.535 e. The molecule has 42 heavy (non-hydrogen) atoms. The van der Waals surface area contributed by atoms with Crippen molar-refractivity contribution in [1.29, 1.82) is 0 Å². The van der Waals surface area contributed by atoms with Crippen molar-refractivity contribution in [3.8, 4) is 0 Å². The highest BCUT2D eigenvalue weighted by Crippen LogP contribution is 2.29. The van der Waals surface area contributed by atoms with Crippen molar-refractivity contribution in [3.05, 3.63) is 83.9 Å². The number of amides is 1. The number of ether oxygens (including phenoxy) is 4. The number of nitrogens with two attached hydrogens (primary N) is 1. The average molecular weight is 586 g/mol. The summed E-state index contributed by atoms with van der Waals surface area (Å²) in [5.74, 6) is -1.10.